The van der Waals surface area contributed by atoms with Crippen molar-refractivity contribution >= 4 is 51.7 Å². The van der Waals surface area contributed by atoms with E-state index in [9.17, 15) is 24.0 Å². The van der Waals surface area contributed by atoms with Crippen molar-refractivity contribution in [1.82, 2.24) is 15.2 Å². The van der Waals surface area contributed by atoms with Crippen LogP contribution in [-0.2, 0) is 25.5 Å². The van der Waals surface area contributed by atoms with E-state index in [2.05, 4.69) is 20.9 Å². The van der Waals surface area contributed by atoms with Gasteiger partial charge in [-0.3, -0.25) is 34.2 Å². The molecule has 49 heavy (non-hydrogen) atoms. The molecule has 0 spiro atoms. The van der Waals surface area contributed by atoms with Crippen LogP contribution in [0.2, 0.25) is 0 Å². The molecule has 3 aromatic rings. The third-order valence-corrected chi connectivity index (χ3v) is 9.14. The summed E-state index contributed by atoms with van der Waals surface area (Å²) in [5.74, 6) is -1.73. The molecular formula is C35H42N6O7S. The molecule has 14 heteroatoms. The number of nitrogens with one attached hydrogen (secondary N) is 3. The Kier molecular flexibility index (Phi) is 12.5. The number of rotatable bonds is 12. The summed E-state index contributed by atoms with van der Waals surface area (Å²) in [6.07, 6.45) is 8.73. The molecule has 260 valence electrons. The second kappa shape index (κ2) is 17.1. The van der Waals surface area contributed by atoms with Crippen LogP contribution >= 0.6 is 11.3 Å². The van der Waals surface area contributed by atoms with Crippen molar-refractivity contribution in [3.8, 4) is 5.75 Å². The number of ether oxygens (including phenoxy) is 2. The number of nitrogens with zero attached hydrogens (tertiary/aromatic N) is 2. The van der Waals surface area contributed by atoms with Gasteiger partial charge in [0.1, 0.15) is 18.4 Å². The highest BCUT2D eigenvalue weighted by Gasteiger charge is 2.45. The molecule has 3 aliphatic rings. The van der Waals surface area contributed by atoms with E-state index in [0.717, 1.165) is 15.3 Å². The van der Waals surface area contributed by atoms with Gasteiger partial charge in [-0.2, -0.15) is 0 Å². The number of imide groups is 2. The average molecular weight is 691 g/mol. The van der Waals surface area contributed by atoms with E-state index < -0.39 is 29.7 Å². The van der Waals surface area contributed by atoms with Gasteiger partial charge in [0, 0.05) is 35.8 Å². The third kappa shape index (κ3) is 9.71. The van der Waals surface area contributed by atoms with E-state index in [1.807, 2.05) is 19.1 Å². The molecule has 6 rings (SSSR count). The van der Waals surface area contributed by atoms with Crippen LogP contribution in [0, 0.1) is 6.92 Å². The molecule has 2 aliphatic heterocycles. The second-order valence-electron chi connectivity index (χ2n) is 12.1. The molecule has 2 fully saturated rings. The number of thiazole rings is 1. The van der Waals surface area contributed by atoms with Crippen LogP contribution in [0.5, 0.6) is 5.75 Å². The summed E-state index contributed by atoms with van der Waals surface area (Å²) < 4.78 is 11.4. The second-order valence-corrected chi connectivity index (χ2v) is 13.3. The van der Waals surface area contributed by atoms with Crippen molar-refractivity contribution in [2.24, 2.45) is 5.73 Å². The number of nitrogens with two attached hydrogens (primary N) is 1. The maximum absolute atomic E-state index is 13.2. The van der Waals surface area contributed by atoms with Crippen LogP contribution in [0.1, 0.15) is 76.1 Å². The number of carbonyl (C=O) groups excluding carboxylic acids is 5. The van der Waals surface area contributed by atoms with Crippen molar-refractivity contribution in [2.75, 3.05) is 37.0 Å². The van der Waals surface area contributed by atoms with Crippen molar-refractivity contribution in [1.29, 1.82) is 0 Å². The van der Waals surface area contributed by atoms with Crippen molar-refractivity contribution in [3.63, 3.8) is 0 Å². The van der Waals surface area contributed by atoms with E-state index in [1.54, 1.807) is 36.5 Å². The standard InChI is InChI=1S/C29H29N5O7S.C6H13N/c1-17-16-31-29(42-17)33-24(36)15-18-4-2-5-19(14-18)41-13-12-40-11-10-30-21-7-3-6-20-25(21)28(39)34(27(20)38)22-8-9-23(35)32-26(22)37;7-6-4-2-1-3-5-6/h2-7,14,16,22,30H,8-13,15H2,1H3,(H,31,33,36)(H,32,35,37);6H,1-5,7H2. The number of hydrogen-bond acceptors (Lipinski definition) is 11. The van der Waals surface area contributed by atoms with E-state index in [0.29, 0.717) is 49.0 Å². The lowest BCUT2D eigenvalue weighted by Crippen LogP contribution is -2.54. The van der Waals surface area contributed by atoms with Crippen LogP contribution in [0.25, 0.3) is 0 Å². The number of fused-ring (bicyclic) bond motifs is 1. The normalized spacial score (nSPS) is 17.6. The maximum atomic E-state index is 13.2. The summed E-state index contributed by atoms with van der Waals surface area (Å²) in [6.45, 7) is 3.20. The van der Waals surface area contributed by atoms with Gasteiger partial charge in [-0.1, -0.05) is 37.5 Å². The van der Waals surface area contributed by atoms with E-state index in [1.165, 1.54) is 43.4 Å². The van der Waals surface area contributed by atoms with E-state index in [-0.39, 0.29) is 36.3 Å². The molecular weight excluding hydrogens is 648 g/mol. The molecule has 5 amide bonds. The van der Waals surface area contributed by atoms with Crippen LogP contribution in [0.3, 0.4) is 0 Å². The lowest BCUT2D eigenvalue weighted by Gasteiger charge is -2.27. The molecule has 5 N–H and O–H groups in total. The molecule has 1 atom stereocenters. The Morgan fingerprint density at radius 1 is 1.02 bits per heavy atom. The highest BCUT2D eigenvalue weighted by molar-refractivity contribution is 7.15. The van der Waals surface area contributed by atoms with Gasteiger partial charge in [0.25, 0.3) is 11.8 Å². The first-order valence-electron chi connectivity index (χ1n) is 16.6. The monoisotopic (exact) mass is 690 g/mol. The Labute approximate surface area is 288 Å². The number of carbonyl (C=O) groups is 5. The first-order valence-corrected chi connectivity index (χ1v) is 17.4. The fraction of sp³-hybridized carbons (Fsp3) is 0.429. The molecule has 0 bridgehead atoms. The zero-order valence-corrected chi connectivity index (χ0v) is 28.3. The Bertz CT molecular complexity index is 1670. The minimum Gasteiger partial charge on any atom is -0.491 e. The Hall–Kier alpha value is -4.66. The van der Waals surface area contributed by atoms with Crippen LogP contribution in [0.4, 0.5) is 10.8 Å². The van der Waals surface area contributed by atoms with Gasteiger partial charge in [0.05, 0.1) is 30.8 Å². The van der Waals surface area contributed by atoms with E-state index in [4.69, 9.17) is 15.2 Å². The van der Waals surface area contributed by atoms with Gasteiger partial charge in [-0.15, -0.1) is 11.3 Å². The van der Waals surface area contributed by atoms with Crippen LogP contribution in [-0.4, -0.2) is 77.9 Å². The van der Waals surface area contributed by atoms with Gasteiger partial charge >= 0.3 is 0 Å². The Balaban J connectivity index is 0.000000595. The largest absolute Gasteiger partial charge is 0.491 e. The summed E-state index contributed by atoms with van der Waals surface area (Å²) >= 11 is 1.42. The van der Waals surface area contributed by atoms with Gasteiger partial charge in [-0.05, 0) is 56.0 Å². The van der Waals surface area contributed by atoms with Crippen LogP contribution < -0.4 is 26.4 Å². The fourth-order valence-electron chi connectivity index (χ4n) is 5.88. The molecule has 0 radical (unpaired) electrons. The number of benzene rings is 2. The molecule has 1 saturated carbocycles. The SMILES string of the molecule is Cc1cnc(NC(=O)Cc2cccc(OCCOCCNc3cccc4c3C(=O)N(C3CCC(=O)NC3=O)C4=O)c2)s1.NC1CCCCC1. The summed E-state index contributed by atoms with van der Waals surface area (Å²) in [5.41, 5.74) is 7.32. The van der Waals surface area contributed by atoms with Crippen molar-refractivity contribution in [2.45, 2.75) is 70.4 Å². The predicted octanol–water partition coefficient (Wildman–Crippen LogP) is 3.82. The zero-order chi connectivity index (χ0) is 34.8. The quantitative estimate of drug-likeness (QED) is 0.161. The fourth-order valence-corrected chi connectivity index (χ4v) is 6.56. The Morgan fingerprint density at radius 3 is 2.53 bits per heavy atom. The molecule has 3 heterocycles. The highest BCUT2D eigenvalue weighted by Crippen LogP contribution is 2.32. The summed E-state index contributed by atoms with van der Waals surface area (Å²) in [7, 11) is 0. The minimum atomic E-state index is -1.02. The van der Waals surface area contributed by atoms with Gasteiger partial charge in [-0.25, -0.2) is 4.98 Å². The number of aryl methyl sites for hydroxylation is 1. The molecule has 1 unspecified atom stereocenters. The summed E-state index contributed by atoms with van der Waals surface area (Å²) in [6, 6.07) is 11.7. The zero-order valence-electron chi connectivity index (χ0n) is 27.5. The maximum Gasteiger partial charge on any atom is 0.264 e. The number of anilines is 2. The molecule has 2 aromatic carbocycles. The summed E-state index contributed by atoms with van der Waals surface area (Å²) in [5, 5.41) is 8.68. The summed E-state index contributed by atoms with van der Waals surface area (Å²) in [4.78, 5) is 68.3. The van der Waals surface area contributed by atoms with E-state index >= 15 is 0 Å². The van der Waals surface area contributed by atoms with Crippen LogP contribution in [0.15, 0.2) is 48.7 Å². The van der Waals surface area contributed by atoms with Crippen molar-refractivity contribution < 1.29 is 33.4 Å². The topological polar surface area (TPSA) is 182 Å². The van der Waals surface area contributed by atoms with Gasteiger partial charge in [0.2, 0.25) is 17.7 Å². The van der Waals surface area contributed by atoms with Crippen molar-refractivity contribution in [3.05, 3.63) is 70.2 Å². The first-order chi connectivity index (χ1) is 23.7. The highest BCUT2D eigenvalue weighted by atomic mass is 32.1. The molecule has 13 nitrogen and oxygen atoms in total. The smallest absolute Gasteiger partial charge is 0.264 e. The number of piperidine rings is 1. The predicted molar refractivity (Wildman–Crippen MR) is 185 cm³/mol. The number of hydrogen-bond donors (Lipinski definition) is 4. The lowest BCUT2D eigenvalue weighted by molar-refractivity contribution is -0.136. The lowest BCUT2D eigenvalue weighted by atomic mass is 9.97. The Morgan fingerprint density at radius 2 is 1.82 bits per heavy atom. The molecule has 1 aliphatic carbocycles. The van der Waals surface area contributed by atoms with Gasteiger partial charge < -0.3 is 25.8 Å². The minimum absolute atomic E-state index is 0.0617. The molecule has 1 aromatic heterocycles. The van der Waals surface area contributed by atoms with Gasteiger partial charge in [0.15, 0.2) is 5.13 Å². The molecule has 1 saturated heterocycles. The first kappa shape index (κ1) is 35.6. The average Bonchev–Trinajstić information content (AvgIpc) is 3.60. The third-order valence-electron chi connectivity index (χ3n) is 8.31. The number of aromatic nitrogens is 1. The number of amides is 5.